The van der Waals surface area contributed by atoms with Crippen molar-refractivity contribution in [1.82, 2.24) is 9.88 Å². The predicted octanol–water partition coefficient (Wildman–Crippen LogP) is 3.73. The van der Waals surface area contributed by atoms with E-state index in [0.29, 0.717) is 4.91 Å². The van der Waals surface area contributed by atoms with Crippen LogP contribution in [0.2, 0.25) is 0 Å². The fourth-order valence-electron chi connectivity index (χ4n) is 2.66. The highest BCUT2D eigenvalue weighted by molar-refractivity contribution is 8.18. The molecule has 22 heavy (non-hydrogen) atoms. The van der Waals surface area contributed by atoms with Crippen LogP contribution >= 0.6 is 11.8 Å². The van der Waals surface area contributed by atoms with Gasteiger partial charge in [0.25, 0.3) is 11.1 Å². The average molecular weight is 312 g/mol. The number of rotatable bonds is 2. The van der Waals surface area contributed by atoms with Crippen molar-refractivity contribution in [3.63, 3.8) is 0 Å². The first-order chi connectivity index (χ1) is 10.5. The predicted molar refractivity (Wildman–Crippen MR) is 89.1 cm³/mol. The molecule has 2 amide bonds. The highest BCUT2D eigenvalue weighted by Gasteiger charge is 2.25. The normalized spacial score (nSPS) is 16.4. The topological polar surface area (TPSA) is 51.1 Å². The van der Waals surface area contributed by atoms with Crippen LogP contribution in [-0.4, -0.2) is 15.7 Å². The van der Waals surface area contributed by atoms with E-state index in [4.69, 9.17) is 0 Å². The summed E-state index contributed by atoms with van der Waals surface area (Å²) in [5, 5.41) is 1.96. The van der Waals surface area contributed by atoms with Gasteiger partial charge in [0.15, 0.2) is 0 Å². The Morgan fingerprint density at radius 2 is 1.91 bits per heavy atom. The van der Waals surface area contributed by atoms with Crippen LogP contribution < -0.4 is 5.32 Å². The van der Waals surface area contributed by atoms with E-state index in [1.54, 1.807) is 6.08 Å². The molecule has 1 aromatic carbocycles. The lowest BCUT2D eigenvalue weighted by Crippen LogP contribution is -2.17. The van der Waals surface area contributed by atoms with E-state index < -0.39 is 0 Å². The van der Waals surface area contributed by atoms with Crippen molar-refractivity contribution in [2.45, 2.75) is 20.8 Å². The summed E-state index contributed by atoms with van der Waals surface area (Å²) in [5.41, 5.74) is 5.37. The highest BCUT2D eigenvalue weighted by Crippen LogP contribution is 2.29. The summed E-state index contributed by atoms with van der Waals surface area (Å²) in [7, 11) is 0. The number of aryl methyl sites for hydroxylation is 2. The van der Waals surface area contributed by atoms with Gasteiger partial charge in [-0.2, -0.15) is 0 Å². The number of hydrogen-bond acceptors (Lipinski definition) is 3. The molecule has 1 fully saturated rings. The summed E-state index contributed by atoms with van der Waals surface area (Å²) in [6.07, 6.45) is 1.78. The maximum Gasteiger partial charge on any atom is 0.290 e. The lowest BCUT2D eigenvalue weighted by Gasteiger charge is -2.10. The molecule has 2 heterocycles. The van der Waals surface area contributed by atoms with E-state index in [1.807, 2.05) is 26.0 Å². The standard InChI is InChI=1S/C17H16N2O2S/c1-10-5-4-6-14(7-10)19-11(2)8-13(12(19)3)9-15-16(20)18-17(21)22-15/h4-9H,1-3H3,(H,18,20,21)/b15-9-. The largest absolute Gasteiger partial charge is 0.318 e. The third kappa shape index (κ3) is 2.60. The maximum absolute atomic E-state index is 11.7. The summed E-state index contributed by atoms with van der Waals surface area (Å²) in [6.45, 7) is 6.11. The van der Waals surface area contributed by atoms with E-state index in [9.17, 15) is 9.59 Å². The van der Waals surface area contributed by atoms with E-state index in [0.717, 1.165) is 34.4 Å². The Morgan fingerprint density at radius 3 is 2.55 bits per heavy atom. The van der Waals surface area contributed by atoms with Crippen molar-refractivity contribution >= 4 is 29.0 Å². The smallest absolute Gasteiger partial charge is 0.290 e. The Labute approximate surface area is 133 Å². The highest BCUT2D eigenvalue weighted by atomic mass is 32.2. The van der Waals surface area contributed by atoms with Crippen molar-refractivity contribution in [2.24, 2.45) is 0 Å². The van der Waals surface area contributed by atoms with Crippen molar-refractivity contribution < 1.29 is 9.59 Å². The second kappa shape index (κ2) is 5.50. The number of amides is 2. The summed E-state index contributed by atoms with van der Waals surface area (Å²) in [4.78, 5) is 23.4. The van der Waals surface area contributed by atoms with Crippen molar-refractivity contribution in [3.05, 3.63) is 57.8 Å². The lowest BCUT2D eigenvalue weighted by atomic mass is 10.2. The molecule has 1 saturated heterocycles. The van der Waals surface area contributed by atoms with Crippen LogP contribution in [0.5, 0.6) is 0 Å². The summed E-state index contributed by atoms with van der Waals surface area (Å²) in [5.74, 6) is -0.324. The zero-order chi connectivity index (χ0) is 15.9. The van der Waals surface area contributed by atoms with E-state index in [-0.39, 0.29) is 11.1 Å². The summed E-state index contributed by atoms with van der Waals surface area (Å²) in [6, 6.07) is 10.3. The summed E-state index contributed by atoms with van der Waals surface area (Å²) < 4.78 is 2.15. The van der Waals surface area contributed by atoms with Crippen LogP contribution in [-0.2, 0) is 4.79 Å². The Kier molecular flexibility index (Phi) is 3.66. The number of carbonyl (C=O) groups is 2. The van der Waals surface area contributed by atoms with Gasteiger partial charge in [-0.05, 0) is 67.9 Å². The van der Waals surface area contributed by atoms with E-state index >= 15 is 0 Å². The van der Waals surface area contributed by atoms with Crippen LogP contribution in [0.3, 0.4) is 0 Å². The number of carbonyl (C=O) groups excluding carboxylic acids is 2. The minimum absolute atomic E-state index is 0.316. The van der Waals surface area contributed by atoms with Gasteiger partial charge in [0.1, 0.15) is 0 Å². The van der Waals surface area contributed by atoms with Gasteiger partial charge in [-0.1, -0.05) is 12.1 Å². The van der Waals surface area contributed by atoms with Crippen molar-refractivity contribution in [1.29, 1.82) is 0 Å². The third-order valence-corrected chi connectivity index (χ3v) is 4.47. The van der Waals surface area contributed by atoms with Gasteiger partial charge in [0, 0.05) is 17.1 Å². The van der Waals surface area contributed by atoms with Crippen LogP contribution in [0.25, 0.3) is 11.8 Å². The molecule has 5 heteroatoms. The Balaban J connectivity index is 2.06. The average Bonchev–Trinajstić information content (AvgIpc) is 2.90. The molecule has 112 valence electrons. The molecular weight excluding hydrogens is 296 g/mol. The molecule has 3 rings (SSSR count). The minimum atomic E-state index is -0.324. The molecule has 1 aromatic heterocycles. The molecule has 4 nitrogen and oxygen atoms in total. The fourth-order valence-corrected chi connectivity index (χ4v) is 3.33. The third-order valence-electron chi connectivity index (χ3n) is 3.66. The molecule has 0 spiro atoms. The number of benzene rings is 1. The Hall–Kier alpha value is -2.27. The molecule has 2 aromatic rings. The van der Waals surface area contributed by atoms with Crippen LogP contribution in [0, 0.1) is 20.8 Å². The molecule has 0 radical (unpaired) electrons. The second-order valence-corrected chi connectivity index (χ2v) is 6.37. The van der Waals surface area contributed by atoms with Gasteiger partial charge in [-0.3, -0.25) is 14.9 Å². The van der Waals surface area contributed by atoms with Crippen LogP contribution in [0.4, 0.5) is 4.79 Å². The Bertz CT molecular complexity index is 818. The molecule has 1 aliphatic rings. The number of aromatic nitrogens is 1. The van der Waals surface area contributed by atoms with Gasteiger partial charge in [-0.25, -0.2) is 0 Å². The quantitative estimate of drug-likeness (QED) is 0.860. The molecule has 0 bridgehead atoms. The molecule has 0 saturated carbocycles. The number of imide groups is 1. The first-order valence-corrected chi connectivity index (χ1v) is 7.78. The molecule has 0 atom stereocenters. The monoisotopic (exact) mass is 312 g/mol. The van der Waals surface area contributed by atoms with Gasteiger partial charge >= 0.3 is 0 Å². The molecule has 0 aliphatic carbocycles. The van der Waals surface area contributed by atoms with Crippen molar-refractivity contribution in [3.8, 4) is 5.69 Å². The molecular formula is C17H16N2O2S. The maximum atomic E-state index is 11.7. The number of hydrogen-bond donors (Lipinski definition) is 1. The number of nitrogens with zero attached hydrogens (tertiary/aromatic N) is 1. The SMILES string of the molecule is Cc1cccc(-n2c(C)cc(/C=C3\SC(=O)NC3=O)c2C)c1. The first kappa shape index (κ1) is 14.7. The molecule has 0 unspecified atom stereocenters. The van der Waals surface area contributed by atoms with Gasteiger partial charge in [0.05, 0.1) is 4.91 Å². The van der Waals surface area contributed by atoms with E-state index in [1.165, 1.54) is 5.56 Å². The van der Waals surface area contributed by atoms with E-state index in [2.05, 4.69) is 35.0 Å². The number of thioether (sulfide) groups is 1. The zero-order valence-corrected chi connectivity index (χ0v) is 13.5. The first-order valence-electron chi connectivity index (χ1n) is 6.96. The minimum Gasteiger partial charge on any atom is -0.318 e. The number of nitrogens with one attached hydrogen (secondary N) is 1. The van der Waals surface area contributed by atoms with Gasteiger partial charge < -0.3 is 4.57 Å². The zero-order valence-electron chi connectivity index (χ0n) is 12.6. The summed E-state index contributed by atoms with van der Waals surface area (Å²) >= 11 is 0.943. The molecule has 1 aliphatic heterocycles. The van der Waals surface area contributed by atoms with Gasteiger partial charge in [0.2, 0.25) is 0 Å². The van der Waals surface area contributed by atoms with Crippen molar-refractivity contribution in [2.75, 3.05) is 0 Å². The van der Waals surface area contributed by atoms with Crippen LogP contribution in [0.15, 0.2) is 35.2 Å². The Morgan fingerprint density at radius 1 is 1.14 bits per heavy atom. The fraction of sp³-hybridized carbons (Fsp3) is 0.176. The lowest BCUT2D eigenvalue weighted by molar-refractivity contribution is -0.115. The second-order valence-electron chi connectivity index (χ2n) is 5.35. The molecule has 1 N–H and O–H groups in total. The van der Waals surface area contributed by atoms with Gasteiger partial charge in [-0.15, -0.1) is 0 Å². The van der Waals surface area contributed by atoms with Crippen LogP contribution in [0.1, 0.15) is 22.5 Å².